The number of Topliss-reactive ketones (excluding diaryl/α,β-unsaturated/α-hetero) is 1. The monoisotopic (exact) mass is 824 g/mol. The Morgan fingerprint density at radius 2 is 0.966 bits per heavy atom. The second-order valence-corrected chi connectivity index (χ2v) is 14.2. The van der Waals surface area contributed by atoms with E-state index in [1.165, 1.54) is 64.2 Å². The second-order valence-electron chi connectivity index (χ2n) is 14.2. The first kappa shape index (κ1) is 56.7. The lowest BCUT2D eigenvalue weighted by Crippen LogP contribution is -2.35. The molecule has 0 aromatic rings. The fourth-order valence-corrected chi connectivity index (χ4v) is 5.57. The van der Waals surface area contributed by atoms with Gasteiger partial charge in [-0.2, -0.15) is 0 Å². The normalized spacial score (nSPS) is 11.1. The predicted octanol–water partition coefficient (Wildman–Crippen LogP) is 7.30. The number of ether oxygens (including phenoxy) is 4. The third-order valence-corrected chi connectivity index (χ3v) is 8.88. The maximum absolute atomic E-state index is 12.3. The number of carbonyl (C=O) groups is 3. The van der Waals surface area contributed by atoms with E-state index in [0.717, 1.165) is 42.8 Å². The molecule has 0 bridgehead atoms. The number of nitrogens with one attached hydrogen (secondary N) is 5. The number of carbonyl (C=O) groups excluding carboxylic acids is 3. The van der Waals surface area contributed by atoms with E-state index in [1.807, 2.05) is 20.8 Å². The van der Waals surface area contributed by atoms with Gasteiger partial charge in [-0.25, -0.2) is 0 Å². The van der Waals surface area contributed by atoms with Crippen molar-refractivity contribution in [2.45, 2.75) is 143 Å². The van der Waals surface area contributed by atoms with Crippen molar-refractivity contribution in [3.8, 4) is 0 Å². The number of rotatable bonds is 43. The quantitative estimate of drug-likeness (QED) is 0.0270. The molecule has 0 aromatic carbocycles. The number of hydrogen-bond donors (Lipinski definition) is 6. The Bertz CT molecular complexity index is 1090. The van der Waals surface area contributed by atoms with Gasteiger partial charge in [0.2, 0.25) is 11.8 Å². The van der Waals surface area contributed by atoms with Crippen LogP contribution < -0.4 is 26.6 Å². The number of ketones is 1. The van der Waals surface area contributed by atoms with E-state index in [0.29, 0.717) is 97.4 Å². The third-order valence-electron chi connectivity index (χ3n) is 8.88. The van der Waals surface area contributed by atoms with Crippen LogP contribution >= 0.6 is 0 Å². The molecule has 1 atom stereocenters. The van der Waals surface area contributed by atoms with Gasteiger partial charge >= 0.3 is 0 Å². The average molecular weight is 824 g/mol. The van der Waals surface area contributed by atoms with E-state index in [4.69, 9.17) is 24.1 Å². The van der Waals surface area contributed by atoms with E-state index in [2.05, 4.69) is 52.9 Å². The van der Waals surface area contributed by atoms with Crippen molar-refractivity contribution < 1.29 is 38.4 Å². The minimum absolute atomic E-state index is 0.0168. The molecule has 0 saturated carbocycles. The molecule has 0 spiro atoms. The van der Waals surface area contributed by atoms with Crippen LogP contribution in [0.15, 0.2) is 49.2 Å². The molecule has 0 aliphatic heterocycles. The highest BCUT2D eigenvalue weighted by Gasteiger charge is 2.15. The first-order valence-corrected chi connectivity index (χ1v) is 22.0. The standard InChI is InChI=1S/C43H79N5O8.C2H6/c1-7-42(51)46-25-24-44-38(4)34-55-32-30-54-29-27-47-43(52)35-56-33-31-53-28-26-45-36(2)22-23-41(40(6)50)48-37(3)20-18-16-14-12-10-8-9-11-13-15-17-19-21-39(5)49;1-2/h41,44-45,48-49H,2-5,7-35H2,1,6H3,(H,46,51)(H,47,52);1-2H3/t41-;/m0./s1. The lowest BCUT2D eigenvalue weighted by molar-refractivity contribution is -0.126. The van der Waals surface area contributed by atoms with Gasteiger partial charge in [0.25, 0.3) is 0 Å². The summed E-state index contributed by atoms with van der Waals surface area (Å²) in [6.07, 6.45) is 18.2. The van der Waals surface area contributed by atoms with E-state index < -0.39 is 0 Å². The van der Waals surface area contributed by atoms with Gasteiger partial charge in [0.15, 0.2) is 5.78 Å². The maximum atomic E-state index is 12.3. The van der Waals surface area contributed by atoms with Crippen LogP contribution in [0.2, 0.25) is 0 Å². The molecule has 0 fully saturated rings. The Morgan fingerprint density at radius 3 is 1.50 bits per heavy atom. The van der Waals surface area contributed by atoms with E-state index in [1.54, 1.807) is 6.92 Å². The highest BCUT2D eigenvalue weighted by molar-refractivity contribution is 5.81. The SMILES string of the molecule is C=C(O)CCCCCCCCCCCCCCC(=C)N[C@@H](CCC(=C)NCCOCCOCC(=O)NCCOCCOCC(=C)NCCNC(=O)CC)C(C)=O.CC. The highest BCUT2D eigenvalue weighted by atomic mass is 16.5. The van der Waals surface area contributed by atoms with Gasteiger partial charge in [0, 0.05) is 56.1 Å². The molecule has 6 N–H and O–H groups in total. The number of allylic oxidation sites excluding steroid dienone is 3. The first-order chi connectivity index (χ1) is 28.0. The van der Waals surface area contributed by atoms with Crippen molar-refractivity contribution >= 4 is 17.6 Å². The van der Waals surface area contributed by atoms with Gasteiger partial charge in [-0.1, -0.05) is 111 Å². The topological polar surface area (TPSA) is 169 Å². The van der Waals surface area contributed by atoms with Crippen molar-refractivity contribution in [1.29, 1.82) is 0 Å². The zero-order valence-corrected chi connectivity index (χ0v) is 37.2. The minimum Gasteiger partial charge on any atom is -0.513 e. The molecule has 0 heterocycles. The molecule has 338 valence electrons. The summed E-state index contributed by atoms with van der Waals surface area (Å²) in [6.45, 7) is 27.8. The Hall–Kier alpha value is -3.39. The van der Waals surface area contributed by atoms with Crippen LogP contribution in [0.1, 0.15) is 137 Å². The van der Waals surface area contributed by atoms with E-state index >= 15 is 0 Å². The lowest BCUT2D eigenvalue weighted by Gasteiger charge is -2.20. The molecular formula is C45H85N5O8. The molecule has 0 aliphatic carbocycles. The van der Waals surface area contributed by atoms with Gasteiger partial charge < -0.3 is 50.6 Å². The van der Waals surface area contributed by atoms with Crippen molar-refractivity contribution in [1.82, 2.24) is 26.6 Å². The number of aliphatic hydroxyl groups is 1. The van der Waals surface area contributed by atoms with E-state index in [9.17, 15) is 14.4 Å². The van der Waals surface area contributed by atoms with Gasteiger partial charge in [-0.15, -0.1) is 0 Å². The predicted molar refractivity (Wildman–Crippen MR) is 238 cm³/mol. The van der Waals surface area contributed by atoms with Crippen LogP contribution in [0, 0.1) is 0 Å². The average Bonchev–Trinajstić information content (AvgIpc) is 3.20. The van der Waals surface area contributed by atoms with Gasteiger partial charge in [-0.05, 0) is 39.0 Å². The highest BCUT2D eigenvalue weighted by Crippen LogP contribution is 2.15. The summed E-state index contributed by atoms with van der Waals surface area (Å²) in [5.74, 6) is 0.200. The molecule has 58 heavy (non-hydrogen) atoms. The van der Waals surface area contributed by atoms with Crippen molar-refractivity contribution in [3.63, 3.8) is 0 Å². The fraction of sp³-hybridized carbons (Fsp3) is 0.756. The summed E-state index contributed by atoms with van der Waals surface area (Å²) < 4.78 is 21.9. The summed E-state index contributed by atoms with van der Waals surface area (Å²) in [7, 11) is 0. The van der Waals surface area contributed by atoms with Gasteiger partial charge in [-0.3, -0.25) is 14.4 Å². The molecule has 0 unspecified atom stereocenters. The summed E-state index contributed by atoms with van der Waals surface area (Å²) in [4.78, 5) is 35.4. The smallest absolute Gasteiger partial charge is 0.246 e. The molecule has 13 nitrogen and oxygen atoms in total. The zero-order valence-electron chi connectivity index (χ0n) is 37.2. The molecule has 0 rings (SSSR count). The van der Waals surface area contributed by atoms with Crippen LogP contribution in [-0.2, 0) is 33.3 Å². The van der Waals surface area contributed by atoms with Crippen LogP contribution in [0.4, 0.5) is 0 Å². The van der Waals surface area contributed by atoms with Crippen molar-refractivity contribution in [2.24, 2.45) is 0 Å². The molecule has 0 radical (unpaired) electrons. The Labute approximate surface area is 353 Å². The number of unbranched alkanes of at least 4 members (excludes halogenated alkanes) is 11. The van der Waals surface area contributed by atoms with Crippen molar-refractivity contribution in [2.75, 3.05) is 79.0 Å². The maximum Gasteiger partial charge on any atom is 0.246 e. The Morgan fingerprint density at radius 1 is 0.517 bits per heavy atom. The fourth-order valence-electron chi connectivity index (χ4n) is 5.57. The number of amides is 2. The zero-order chi connectivity index (χ0) is 43.5. The molecule has 0 saturated heterocycles. The Kier molecular flexibility index (Phi) is 42.2. The summed E-state index contributed by atoms with van der Waals surface area (Å²) in [5, 5.41) is 24.3. The minimum atomic E-state index is -0.271. The molecule has 0 aromatic heterocycles. The first-order valence-electron chi connectivity index (χ1n) is 22.0. The summed E-state index contributed by atoms with van der Waals surface area (Å²) >= 11 is 0. The Balaban J connectivity index is 0. The molecular weight excluding hydrogens is 739 g/mol. The van der Waals surface area contributed by atoms with E-state index in [-0.39, 0.29) is 30.2 Å². The number of aliphatic hydroxyl groups excluding tert-OH is 1. The molecule has 2 amide bonds. The van der Waals surface area contributed by atoms with Crippen LogP contribution in [0.5, 0.6) is 0 Å². The number of hydrogen-bond acceptors (Lipinski definition) is 11. The third kappa shape index (κ3) is 42.2. The summed E-state index contributed by atoms with van der Waals surface area (Å²) in [5.41, 5.74) is 2.51. The van der Waals surface area contributed by atoms with Crippen LogP contribution in [-0.4, -0.2) is 108 Å². The molecule has 13 heteroatoms. The van der Waals surface area contributed by atoms with Crippen molar-refractivity contribution in [3.05, 3.63) is 49.2 Å². The van der Waals surface area contributed by atoms with Gasteiger partial charge in [0.05, 0.1) is 58.0 Å². The second kappa shape index (κ2) is 43.2. The largest absolute Gasteiger partial charge is 0.513 e. The lowest BCUT2D eigenvalue weighted by atomic mass is 10.0. The summed E-state index contributed by atoms with van der Waals surface area (Å²) in [6, 6.07) is -0.271. The molecule has 0 aliphatic rings. The van der Waals surface area contributed by atoms with Crippen LogP contribution in [0.25, 0.3) is 0 Å². The van der Waals surface area contributed by atoms with Gasteiger partial charge in [0.1, 0.15) is 6.61 Å². The van der Waals surface area contributed by atoms with Crippen LogP contribution in [0.3, 0.4) is 0 Å².